The molecule has 1 saturated heterocycles. The number of aliphatic hydroxyl groups is 5. The van der Waals surface area contributed by atoms with Crippen molar-refractivity contribution in [1.82, 2.24) is 5.32 Å². The number of hydrogen-bond acceptors (Lipinski definition) is 8. The molecule has 0 aliphatic carbocycles. The third kappa shape index (κ3) is 46.2. The highest BCUT2D eigenvalue weighted by Crippen LogP contribution is 2.23. The molecule has 1 aliphatic rings. The molecule has 0 spiro atoms. The highest BCUT2D eigenvalue weighted by molar-refractivity contribution is 5.76. The zero-order chi connectivity index (χ0) is 55.8. The predicted octanol–water partition coefficient (Wildman–Crippen LogP) is 17.4. The van der Waals surface area contributed by atoms with E-state index in [1.165, 1.54) is 225 Å². The maximum atomic E-state index is 13.1. The van der Waals surface area contributed by atoms with Gasteiger partial charge >= 0.3 is 0 Å². The second-order valence-corrected chi connectivity index (χ2v) is 22.9. The van der Waals surface area contributed by atoms with Crippen LogP contribution >= 0.6 is 0 Å². The van der Waals surface area contributed by atoms with Crippen LogP contribution in [-0.2, 0) is 14.3 Å². The van der Waals surface area contributed by atoms with Crippen LogP contribution in [0, 0.1) is 0 Å². The summed E-state index contributed by atoms with van der Waals surface area (Å²) in [6.45, 7) is 3.78. The lowest BCUT2D eigenvalue weighted by atomic mass is 9.99. The van der Waals surface area contributed by atoms with Gasteiger partial charge in [-0.3, -0.25) is 4.79 Å². The molecule has 0 saturated carbocycles. The lowest BCUT2D eigenvalue weighted by Crippen LogP contribution is -2.60. The molecule has 1 heterocycles. The van der Waals surface area contributed by atoms with Crippen molar-refractivity contribution in [2.45, 2.75) is 352 Å². The topological polar surface area (TPSA) is 149 Å². The van der Waals surface area contributed by atoms with Gasteiger partial charge in [-0.1, -0.05) is 286 Å². The number of allylic oxidation sites excluding steroid dienone is 9. The molecule has 6 N–H and O–H groups in total. The zero-order valence-corrected chi connectivity index (χ0v) is 50.2. The first-order valence-electron chi connectivity index (χ1n) is 33.0. The van der Waals surface area contributed by atoms with E-state index in [4.69, 9.17) is 9.47 Å². The van der Waals surface area contributed by atoms with Gasteiger partial charge in [0.1, 0.15) is 24.4 Å². The van der Waals surface area contributed by atoms with Crippen molar-refractivity contribution in [3.63, 3.8) is 0 Å². The zero-order valence-electron chi connectivity index (χ0n) is 50.2. The Hall–Kier alpha value is -2.11. The van der Waals surface area contributed by atoms with Gasteiger partial charge in [-0.05, 0) is 77.0 Å². The van der Waals surface area contributed by atoms with E-state index < -0.39 is 49.5 Å². The number of rotatable bonds is 57. The number of ether oxygens (including phenoxy) is 2. The van der Waals surface area contributed by atoms with E-state index in [-0.39, 0.29) is 12.5 Å². The fraction of sp³-hybridized carbons (Fsp3) is 0.838. The standard InChI is InChI=1S/C68H125NO8/c1-3-5-7-9-11-13-15-17-19-21-23-25-26-27-28-29-30-31-32-33-34-35-36-38-39-41-43-45-47-49-51-53-55-57-62(71)61(60-76-68-67(75)66(74)65(73)63(59-70)77-68)69-64(72)58-56-54-52-50-48-46-44-42-40-37-24-22-20-18-16-14-12-10-8-6-4-2/h16,18,22,24,39,41,47,49,55,57,61-63,65-68,70-71,73-75H,3-15,17,19-21,23,25-38,40,42-46,48,50-54,56,58-60H2,1-2H3,(H,69,72)/b18-16-,24-22-,41-39+,49-47+,57-55+. The molecule has 0 aromatic carbocycles. The Balaban J connectivity index is 2.19. The third-order valence-electron chi connectivity index (χ3n) is 15.5. The Morgan fingerprint density at radius 2 is 0.779 bits per heavy atom. The first kappa shape index (κ1) is 72.9. The number of unbranched alkanes of at least 4 members (excludes halogenated alkanes) is 39. The molecule has 7 atom stereocenters. The molecule has 1 fully saturated rings. The molecule has 450 valence electrons. The molecule has 0 aromatic rings. The molecule has 9 heteroatoms. The summed E-state index contributed by atoms with van der Waals surface area (Å²) in [4.78, 5) is 13.1. The average molecular weight is 1080 g/mol. The highest BCUT2D eigenvalue weighted by atomic mass is 16.7. The summed E-state index contributed by atoms with van der Waals surface area (Å²) >= 11 is 0. The molecular formula is C68H125NO8. The highest BCUT2D eigenvalue weighted by Gasteiger charge is 2.44. The molecular weight excluding hydrogens is 959 g/mol. The monoisotopic (exact) mass is 1080 g/mol. The first-order valence-corrected chi connectivity index (χ1v) is 33.0. The van der Waals surface area contributed by atoms with Crippen molar-refractivity contribution >= 4 is 5.91 Å². The number of carbonyl (C=O) groups is 1. The number of carbonyl (C=O) groups excluding carboxylic acids is 1. The quantitative estimate of drug-likeness (QED) is 0.0261. The van der Waals surface area contributed by atoms with Crippen molar-refractivity contribution in [3.05, 3.63) is 60.8 Å². The largest absolute Gasteiger partial charge is 0.394 e. The Kier molecular flexibility index (Phi) is 54.1. The van der Waals surface area contributed by atoms with E-state index >= 15 is 0 Å². The lowest BCUT2D eigenvalue weighted by Gasteiger charge is -2.40. The summed E-state index contributed by atoms with van der Waals surface area (Å²) in [7, 11) is 0. The minimum Gasteiger partial charge on any atom is -0.394 e. The molecule has 1 aliphatic heterocycles. The first-order chi connectivity index (χ1) is 37.8. The van der Waals surface area contributed by atoms with Gasteiger partial charge in [0.25, 0.3) is 0 Å². The second kappa shape index (κ2) is 57.1. The fourth-order valence-electron chi connectivity index (χ4n) is 10.3. The minimum atomic E-state index is -1.58. The molecule has 1 rings (SSSR count). The summed E-state index contributed by atoms with van der Waals surface area (Å²) < 4.78 is 11.3. The molecule has 9 nitrogen and oxygen atoms in total. The molecule has 0 bridgehead atoms. The smallest absolute Gasteiger partial charge is 0.220 e. The van der Waals surface area contributed by atoms with Crippen LogP contribution in [0.5, 0.6) is 0 Å². The Morgan fingerprint density at radius 3 is 1.17 bits per heavy atom. The van der Waals surface area contributed by atoms with Gasteiger partial charge in [0.15, 0.2) is 6.29 Å². The lowest BCUT2D eigenvalue weighted by molar-refractivity contribution is -0.302. The molecule has 0 aromatic heterocycles. The van der Waals surface area contributed by atoms with E-state index in [1.807, 2.05) is 6.08 Å². The van der Waals surface area contributed by atoms with E-state index in [0.717, 1.165) is 64.2 Å². The number of nitrogens with one attached hydrogen (secondary N) is 1. The second-order valence-electron chi connectivity index (χ2n) is 22.9. The third-order valence-corrected chi connectivity index (χ3v) is 15.5. The predicted molar refractivity (Wildman–Crippen MR) is 327 cm³/mol. The van der Waals surface area contributed by atoms with Crippen LogP contribution in [0.4, 0.5) is 0 Å². The van der Waals surface area contributed by atoms with Gasteiger partial charge in [-0.15, -0.1) is 0 Å². The Morgan fingerprint density at radius 1 is 0.442 bits per heavy atom. The van der Waals surface area contributed by atoms with Crippen molar-refractivity contribution in [2.75, 3.05) is 13.2 Å². The molecule has 1 amide bonds. The normalized spacial score (nSPS) is 19.1. The maximum Gasteiger partial charge on any atom is 0.220 e. The molecule has 0 radical (unpaired) electrons. The van der Waals surface area contributed by atoms with Gasteiger partial charge in [0, 0.05) is 6.42 Å². The van der Waals surface area contributed by atoms with Crippen LogP contribution < -0.4 is 5.32 Å². The summed E-state index contributed by atoms with van der Waals surface area (Å²) in [5, 5.41) is 54.6. The Bertz CT molecular complexity index is 1400. The van der Waals surface area contributed by atoms with Crippen LogP contribution in [0.2, 0.25) is 0 Å². The van der Waals surface area contributed by atoms with Crippen molar-refractivity contribution in [1.29, 1.82) is 0 Å². The van der Waals surface area contributed by atoms with Crippen LogP contribution in [0.15, 0.2) is 60.8 Å². The fourth-order valence-corrected chi connectivity index (χ4v) is 10.3. The van der Waals surface area contributed by atoms with Crippen molar-refractivity contribution in [2.24, 2.45) is 0 Å². The van der Waals surface area contributed by atoms with Crippen LogP contribution in [0.1, 0.15) is 309 Å². The summed E-state index contributed by atoms with van der Waals surface area (Å²) in [5.41, 5.74) is 0. The average Bonchev–Trinajstić information content (AvgIpc) is 3.43. The number of hydrogen-bond donors (Lipinski definition) is 6. The van der Waals surface area contributed by atoms with Gasteiger partial charge in [-0.25, -0.2) is 0 Å². The van der Waals surface area contributed by atoms with Gasteiger partial charge in [-0.2, -0.15) is 0 Å². The summed E-state index contributed by atoms with van der Waals surface area (Å²) in [6.07, 6.45) is 71.8. The maximum absolute atomic E-state index is 13.1. The van der Waals surface area contributed by atoms with E-state index in [9.17, 15) is 30.3 Å². The van der Waals surface area contributed by atoms with Gasteiger partial charge in [0.05, 0.1) is 25.4 Å². The summed E-state index contributed by atoms with van der Waals surface area (Å²) in [5.74, 6) is -0.194. The van der Waals surface area contributed by atoms with Crippen LogP contribution in [0.25, 0.3) is 0 Å². The van der Waals surface area contributed by atoms with Crippen LogP contribution in [-0.4, -0.2) is 87.5 Å². The van der Waals surface area contributed by atoms with E-state index in [0.29, 0.717) is 6.42 Å². The van der Waals surface area contributed by atoms with Crippen LogP contribution in [0.3, 0.4) is 0 Å². The Labute approximate surface area is 475 Å². The molecule has 7 unspecified atom stereocenters. The van der Waals surface area contributed by atoms with Crippen molar-refractivity contribution in [3.8, 4) is 0 Å². The van der Waals surface area contributed by atoms with Crippen molar-refractivity contribution < 1.29 is 39.8 Å². The minimum absolute atomic E-state index is 0.194. The van der Waals surface area contributed by atoms with Gasteiger partial charge < -0.3 is 40.3 Å². The van der Waals surface area contributed by atoms with E-state index in [2.05, 4.69) is 67.8 Å². The number of amides is 1. The molecule has 77 heavy (non-hydrogen) atoms. The van der Waals surface area contributed by atoms with Gasteiger partial charge in [0.2, 0.25) is 5.91 Å². The van der Waals surface area contributed by atoms with E-state index in [1.54, 1.807) is 6.08 Å². The summed E-state index contributed by atoms with van der Waals surface area (Å²) in [6, 6.07) is -0.834. The number of aliphatic hydroxyl groups excluding tert-OH is 5. The SMILES string of the molecule is CCCCCCC/C=C\C/C=C\CCCCCCCCCCCC(=O)NC(COC1OC(CO)C(O)C(O)C1O)C(O)/C=C/CC/C=C/CC/C=C/CCCCCCCCCCCCCCCCCCCCCCCCC.